The molecule has 1 aromatic carbocycles. The molecule has 2 heterocycles. The zero-order valence-electron chi connectivity index (χ0n) is 18.4. The molecule has 0 aromatic heterocycles. The average Bonchev–Trinajstić information content (AvgIpc) is 2.68. The number of phenols is 1. The van der Waals surface area contributed by atoms with E-state index in [0.29, 0.717) is 31.9 Å². The first-order valence-corrected chi connectivity index (χ1v) is 10.8. The second kappa shape index (κ2) is 9.66. The normalized spacial score (nSPS) is 19.0. The molecule has 0 saturated carbocycles. The van der Waals surface area contributed by atoms with Gasteiger partial charge in [-0.05, 0) is 32.9 Å². The summed E-state index contributed by atoms with van der Waals surface area (Å²) in [5, 5.41) is 13.0. The van der Waals surface area contributed by atoms with Gasteiger partial charge in [0.15, 0.2) is 0 Å². The number of para-hydroxylation sites is 2. The molecule has 0 aliphatic carbocycles. The Labute approximate surface area is 179 Å². The summed E-state index contributed by atoms with van der Waals surface area (Å²) < 4.78 is 0. The Morgan fingerprint density at radius 2 is 1.47 bits per heavy atom. The van der Waals surface area contributed by atoms with E-state index in [9.17, 15) is 14.7 Å². The van der Waals surface area contributed by atoms with E-state index in [1.54, 1.807) is 6.07 Å². The molecule has 0 unspecified atom stereocenters. The Kier molecular flexibility index (Phi) is 7.20. The van der Waals surface area contributed by atoms with Crippen molar-refractivity contribution in [2.75, 3.05) is 70.3 Å². The van der Waals surface area contributed by atoms with Gasteiger partial charge in [-0.25, -0.2) is 0 Å². The van der Waals surface area contributed by atoms with Crippen molar-refractivity contribution in [3.05, 3.63) is 24.3 Å². The van der Waals surface area contributed by atoms with Crippen LogP contribution in [0.2, 0.25) is 0 Å². The van der Waals surface area contributed by atoms with E-state index in [4.69, 9.17) is 0 Å². The number of aromatic hydroxyl groups is 1. The van der Waals surface area contributed by atoms with Crippen LogP contribution in [0.5, 0.6) is 5.75 Å². The van der Waals surface area contributed by atoms with Gasteiger partial charge in [-0.15, -0.1) is 0 Å². The Morgan fingerprint density at radius 3 is 2.07 bits per heavy atom. The summed E-state index contributed by atoms with van der Waals surface area (Å²) in [4.78, 5) is 33.2. The van der Waals surface area contributed by atoms with Crippen molar-refractivity contribution in [3.63, 3.8) is 0 Å². The fraction of sp³-hybridized carbons (Fsp3) is 0.636. The summed E-state index contributed by atoms with van der Waals surface area (Å²) >= 11 is 0. The smallest absolute Gasteiger partial charge is 0.236 e. The largest absolute Gasteiger partial charge is 0.506 e. The van der Waals surface area contributed by atoms with Crippen molar-refractivity contribution < 1.29 is 14.7 Å². The lowest BCUT2D eigenvalue weighted by molar-refractivity contribution is -0.134. The number of hydrogen-bond donors (Lipinski definition) is 2. The number of carbonyl (C=O) groups excluding carboxylic acids is 2. The van der Waals surface area contributed by atoms with Crippen LogP contribution < -0.4 is 10.2 Å². The van der Waals surface area contributed by atoms with E-state index in [2.05, 4.69) is 20.0 Å². The number of carbonyl (C=O) groups is 2. The maximum atomic E-state index is 12.7. The second-order valence-electron chi connectivity index (χ2n) is 9.21. The van der Waals surface area contributed by atoms with Crippen LogP contribution in [0.1, 0.15) is 20.8 Å². The van der Waals surface area contributed by atoms with Crippen LogP contribution in [0.4, 0.5) is 5.69 Å². The van der Waals surface area contributed by atoms with Gasteiger partial charge in [-0.1, -0.05) is 12.1 Å². The highest BCUT2D eigenvalue weighted by Crippen LogP contribution is 2.27. The number of anilines is 1. The van der Waals surface area contributed by atoms with Crippen LogP contribution in [-0.4, -0.2) is 103 Å². The van der Waals surface area contributed by atoms with Crippen LogP contribution >= 0.6 is 0 Å². The van der Waals surface area contributed by atoms with Gasteiger partial charge < -0.3 is 20.2 Å². The molecule has 2 aliphatic rings. The van der Waals surface area contributed by atoms with Gasteiger partial charge in [-0.2, -0.15) is 0 Å². The van der Waals surface area contributed by atoms with Gasteiger partial charge in [-0.3, -0.25) is 19.4 Å². The van der Waals surface area contributed by atoms with Crippen molar-refractivity contribution in [2.24, 2.45) is 0 Å². The zero-order chi connectivity index (χ0) is 21.7. The molecule has 166 valence electrons. The fourth-order valence-electron chi connectivity index (χ4n) is 3.99. The van der Waals surface area contributed by atoms with Crippen LogP contribution in [0.15, 0.2) is 24.3 Å². The van der Waals surface area contributed by atoms with E-state index in [1.165, 1.54) is 0 Å². The number of nitrogens with one attached hydrogen (secondary N) is 1. The molecule has 2 saturated heterocycles. The standard InChI is InChI=1S/C22H35N5O3/c1-22(2,3)23-20(29)16-24-10-14-27(15-11-24)21(30)17-25-8-12-26(13-9-25)18-6-4-5-7-19(18)28/h4-7,28H,8-17H2,1-3H3,(H,23,29). The maximum Gasteiger partial charge on any atom is 0.236 e. The van der Waals surface area contributed by atoms with E-state index in [-0.39, 0.29) is 17.4 Å². The molecular formula is C22H35N5O3. The molecule has 2 amide bonds. The predicted molar refractivity (Wildman–Crippen MR) is 118 cm³/mol. The molecule has 2 aliphatic heterocycles. The number of piperazine rings is 2. The Balaban J connectivity index is 1.38. The lowest BCUT2D eigenvalue weighted by Gasteiger charge is -2.38. The van der Waals surface area contributed by atoms with Crippen molar-refractivity contribution in [1.29, 1.82) is 0 Å². The third kappa shape index (κ3) is 6.34. The number of benzene rings is 1. The van der Waals surface area contributed by atoms with Crippen molar-refractivity contribution in [2.45, 2.75) is 26.3 Å². The number of nitrogens with zero attached hydrogens (tertiary/aromatic N) is 4. The summed E-state index contributed by atoms with van der Waals surface area (Å²) in [7, 11) is 0. The minimum Gasteiger partial charge on any atom is -0.506 e. The highest BCUT2D eigenvalue weighted by Gasteiger charge is 2.26. The zero-order valence-corrected chi connectivity index (χ0v) is 18.4. The highest BCUT2D eigenvalue weighted by molar-refractivity contribution is 5.79. The van der Waals surface area contributed by atoms with Gasteiger partial charge in [0.25, 0.3) is 0 Å². The minimum absolute atomic E-state index is 0.0320. The van der Waals surface area contributed by atoms with E-state index in [0.717, 1.165) is 45.0 Å². The summed E-state index contributed by atoms with van der Waals surface area (Å²) in [6.45, 7) is 12.7. The molecule has 0 spiro atoms. The molecule has 8 heteroatoms. The van der Waals surface area contributed by atoms with Crippen LogP contribution in [0.3, 0.4) is 0 Å². The van der Waals surface area contributed by atoms with Crippen molar-refractivity contribution in [1.82, 2.24) is 20.0 Å². The minimum atomic E-state index is -0.224. The molecule has 2 N–H and O–H groups in total. The van der Waals surface area contributed by atoms with Crippen LogP contribution in [0.25, 0.3) is 0 Å². The van der Waals surface area contributed by atoms with Gasteiger partial charge in [0.05, 0.1) is 18.8 Å². The molecule has 0 bridgehead atoms. The van der Waals surface area contributed by atoms with Gasteiger partial charge in [0, 0.05) is 57.9 Å². The Bertz CT molecular complexity index is 733. The number of amides is 2. The molecule has 30 heavy (non-hydrogen) atoms. The van der Waals surface area contributed by atoms with E-state index in [1.807, 2.05) is 43.9 Å². The fourth-order valence-corrected chi connectivity index (χ4v) is 3.99. The maximum absolute atomic E-state index is 12.7. The summed E-state index contributed by atoms with van der Waals surface area (Å²) in [6, 6.07) is 7.39. The number of rotatable bonds is 5. The van der Waals surface area contributed by atoms with Gasteiger partial charge in [0.1, 0.15) is 5.75 Å². The Morgan fingerprint density at radius 1 is 0.900 bits per heavy atom. The first-order chi connectivity index (χ1) is 14.2. The number of hydrogen-bond acceptors (Lipinski definition) is 6. The first kappa shape index (κ1) is 22.4. The summed E-state index contributed by atoms with van der Waals surface area (Å²) in [5.41, 5.74) is 0.633. The first-order valence-electron chi connectivity index (χ1n) is 10.8. The summed E-state index contributed by atoms with van der Waals surface area (Å²) in [6.07, 6.45) is 0. The second-order valence-corrected chi connectivity index (χ2v) is 9.21. The molecule has 2 fully saturated rings. The summed E-state index contributed by atoms with van der Waals surface area (Å²) in [5.74, 6) is 0.491. The van der Waals surface area contributed by atoms with Gasteiger partial charge >= 0.3 is 0 Å². The monoisotopic (exact) mass is 417 g/mol. The molecule has 0 atom stereocenters. The predicted octanol–water partition coefficient (Wildman–Crippen LogP) is 0.573. The van der Waals surface area contributed by atoms with Crippen molar-refractivity contribution >= 4 is 17.5 Å². The third-order valence-electron chi connectivity index (χ3n) is 5.56. The number of phenolic OH excluding ortho intramolecular Hbond substituents is 1. The van der Waals surface area contributed by atoms with E-state index >= 15 is 0 Å². The molecular weight excluding hydrogens is 382 g/mol. The van der Waals surface area contributed by atoms with Crippen molar-refractivity contribution in [3.8, 4) is 5.75 Å². The van der Waals surface area contributed by atoms with E-state index < -0.39 is 0 Å². The average molecular weight is 418 g/mol. The molecule has 1 aromatic rings. The SMILES string of the molecule is CC(C)(C)NC(=O)CN1CCN(C(=O)CN2CCN(c3ccccc3O)CC2)CC1. The molecule has 0 radical (unpaired) electrons. The van der Waals surface area contributed by atoms with Gasteiger partial charge in [0.2, 0.25) is 11.8 Å². The topological polar surface area (TPSA) is 79.4 Å². The Hall–Kier alpha value is -2.32. The molecule has 8 nitrogen and oxygen atoms in total. The highest BCUT2D eigenvalue weighted by atomic mass is 16.3. The third-order valence-corrected chi connectivity index (χ3v) is 5.56. The quantitative estimate of drug-likeness (QED) is 0.730. The van der Waals surface area contributed by atoms with Crippen LogP contribution in [-0.2, 0) is 9.59 Å². The molecule has 3 rings (SSSR count). The van der Waals surface area contributed by atoms with Crippen LogP contribution in [0, 0.1) is 0 Å². The lowest BCUT2D eigenvalue weighted by atomic mass is 10.1. The lowest BCUT2D eigenvalue weighted by Crippen LogP contribution is -2.55.